The lowest BCUT2D eigenvalue weighted by molar-refractivity contribution is 0.0601. The van der Waals surface area contributed by atoms with E-state index in [1.165, 1.54) is 97.4 Å². The molecular formula is C47H59NO3. The van der Waals surface area contributed by atoms with E-state index in [1.807, 2.05) is 6.07 Å². The number of hydrogen-bond acceptors (Lipinski definition) is 4. The van der Waals surface area contributed by atoms with Crippen LogP contribution in [0.2, 0.25) is 0 Å². The highest BCUT2D eigenvalue weighted by molar-refractivity contribution is 5.96. The molecule has 0 radical (unpaired) electrons. The van der Waals surface area contributed by atoms with E-state index >= 15 is 0 Å². The van der Waals surface area contributed by atoms with Gasteiger partial charge in [-0.25, -0.2) is 9.78 Å². The second kappa shape index (κ2) is 16.4. The van der Waals surface area contributed by atoms with Gasteiger partial charge in [0.1, 0.15) is 5.52 Å². The Morgan fingerprint density at radius 1 is 0.667 bits per heavy atom. The summed E-state index contributed by atoms with van der Waals surface area (Å²) in [7, 11) is 1.40. The molecule has 0 atom stereocenters. The first kappa shape index (κ1) is 38.1. The summed E-state index contributed by atoms with van der Waals surface area (Å²) in [5.41, 5.74) is 12.8. The topological polar surface area (TPSA) is 52.3 Å². The van der Waals surface area contributed by atoms with Gasteiger partial charge >= 0.3 is 5.97 Å². The zero-order valence-electron chi connectivity index (χ0n) is 32.7. The predicted octanol–water partition coefficient (Wildman–Crippen LogP) is 13.5. The van der Waals surface area contributed by atoms with Crippen molar-refractivity contribution in [2.75, 3.05) is 7.11 Å². The second-order valence-corrected chi connectivity index (χ2v) is 16.4. The summed E-state index contributed by atoms with van der Waals surface area (Å²) in [6.45, 7) is 18.3. The van der Waals surface area contributed by atoms with E-state index in [0.29, 0.717) is 22.6 Å². The van der Waals surface area contributed by atoms with Gasteiger partial charge in [-0.15, -0.1) is 0 Å². The van der Waals surface area contributed by atoms with Crippen molar-refractivity contribution in [1.29, 1.82) is 0 Å². The molecule has 4 aromatic carbocycles. The fourth-order valence-electron chi connectivity index (χ4n) is 6.93. The lowest BCUT2D eigenvalue weighted by Gasteiger charge is -2.27. The van der Waals surface area contributed by atoms with E-state index in [9.17, 15) is 4.79 Å². The molecule has 1 aromatic heterocycles. The van der Waals surface area contributed by atoms with Crippen LogP contribution in [-0.2, 0) is 28.4 Å². The molecule has 270 valence electrons. The molecular weight excluding hydrogens is 627 g/mol. The molecule has 0 aliphatic heterocycles. The minimum absolute atomic E-state index is 0.0184. The van der Waals surface area contributed by atoms with Crippen LogP contribution >= 0.6 is 0 Å². The molecule has 0 saturated heterocycles. The van der Waals surface area contributed by atoms with Gasteiger partial charge < -0.3 is 9.15 Å². The maximum absolute atomic E-state index is 12.4. The van der Waals surface area contributed by atoms with E-state index in [4.69, 9.17) is 14.1 Å². The molecule has 1 heterocycles. The summed E-state index contributed by atoms with van der Waals surface area (Å²) in [5.74, 6) is 0.157. The van der Waals surface area contributed by atoms with Gasteiger partial charge in [-0.05, 0) is 99.7 Å². The van der Waals surface area contributed by atoms with Gasteiger partial charge in [0, 0.05) is 11.1 Å². The molecule has 5 rings (SSSR count). The van der Waals surface area contributed by atoms with E-state index < -0.39 is 0 Å². The molecule has 5 aromatic rings. The number of nitrogens with zero attached hydrogens (tertiary/aromatic N) is 1. The summed E-state index contributed by atoms with van der Waals surface area (Å²) in [5, 5.41) is 0. The Balaban J connectivity index is 1.78. The van der Waals surface area contributed by atoms with Crippen molar-refractivity contribution in [1.82, 2.24) is 4.98 Å². The van der Waals surface area contributed by atoms with Crippen LogP contribution in [0.3, 0.4) is 0 Å². The van der Waals surface area contributed by atoms with Crippen LogP contribution in [-0.4, -0.2) is 18.1 Å². The maximum atomic E-state index is 12.4. The summed E-state index contributed by atoms with van der Waals surface area (Å²) in [6.07, 6.45) is 12.0. The van der Waals surface area contributed by atoms with Gasteiger partial charge in [0.05, 0.1) is 12.7 Å². The molecule has 0 unspecified atom stereocenters. The monoisotopic (exact) mass is 685 g/mol. The van der Waals surface area contributed by atoms with Crippen LogP contribution in [0.1, 0.15) is 139 Å². The van der Waals surface area contributed by atoms with Crippen molar-refractivity contribution in [3.8, 4) is 33.7 Å². The summed E-state index contributed by atoms with van der Waals surface area (Å²) in [4.78, 5) is 17.4. The van der Waals surface area contributed by atoms with Gasteiger partial charge in [0.15, 0.2) is 5.58 Å². The minimum atomic E-state index is -0.389. The molecule has 0 amide bonds. The third kappa shape index (κ3) is 9.39. The third-order valence-corrected chi connectivity index (χ3v) is 10.1. The Morgan fingerprint density at radius 3 is 1.80 bits per heavy atom. The quantitative estimate of drug-likeness (QED) is 0.0862. The highest BCUT2D eigenvalue weighted by Crippen LogP contribution is 2.43. The number of unbranched alkanes of at least 4 members (excludes halogenated alkanes) is 6. The minimum Gasteiger partial charge on any atom is -0.465 e. The Hall–Kier alpha value is -4.18. The maximum Gasteiger partial charge on any atom is 0.337 e. The number of oxazole rings is 1. The summed E-state index contributed by atoms with van der Waals surface area (Å²) < 4.78 is 11.5. The van der Waals surface area contributed by atoms with E-state index in [2.05, 4.69) is 110 Å². The number of carbonyl (C=O) groups excluding carboxylic acids is 1. The number of fused-ring (bicyclic) bond motifs is 1. The van der Waals surface area contributed by atoms with E-state index in [-0.39, 0.29) is 16.8 Å². The number of rotatable bonds is 14. The van der Waals surface area contributed by atoms with Crippen LogP contribution in [0, 0.1) is 0 Å². The number of aryl methyl sites for hydroxylation is 2. The number of ether oxygens (including phenoxy) is 1. The van der Waals surface area contributed by atoms with Crippen molar-refractivity contribution < 1.29 is 13.9 Å². The van der Waals surface area contributed by atoms with Crippen LogP contribution < -0.4 is 0 Å². The molecule has 0 aliphatic carbocycles. The Labute approximate surface area is 307 Å². The van der Waals surface area contributed by atoms with Crippen molar-refractivity contribution in [2.45, 2.75) is 130 Å². The van der Waals surface area contributed by atoms with Crippen LogP contribution in [0.25, 0.3) is 44.8 Å². The van der Waals surface area contributed by atoms with Crippen LogP contribution in [0.5, 0.6) is 0 Å². The smallest absolute Gasteiger partial charge is 0.337 e. The van der Waals surface area contributed by atoms with Crippen molar-refractivity contribution in [3.63, 3.8) is 0 Å². The Kier molecular flexibility index (Phi) is 12.3. The number of methoxy groups -OCH3 is 1. The van der Waals surface area contributed by atoms with E-state index in [1.54, 1.807) is 12.1 Å². The van der Waals surface area contributed by atoms with Crippen molar-refractivity contribution >= 4 is 17.1 Å². The fraction of sp³-hybridized carbons (Fsp3) is 0.447. The zero-order valence-corrected chi connectivity index (χ0v) is 32.7. The second-order valence-electron chi connectivity index (χ2n) is 16.4. The number of benzene rings is 4. The van der Waals surface area contributed by atoms with Crippen molar-refractivity contribution in [2.24, 2.45) is 0 Å². The molecule has 0 aliphatic rings. The summed E-state index contributed by atoms with van der Waals surface area (Å²) in [6, 6.07) is 26.3. The highest BCUT2D eigenvalue weighted by Gasteiger charge is 2.24. The van der Waals surface area contributed by atoms with Crippen LogP contribution in [0.4, 0.5) is 0 Å². The fourth-order valence-corrected chi connectivity index (χ4v) is 6.93. The Morgan fingerprint density at radius 2 is 1.25 bits per heavy atom. The number of hydrogen-bond donors (Lipinski definition) is 0. The molecule has 51 heavy (non-hydrogen) atoms. The van der Waals surface area contributed by atoms with E-state index in [0.717, 1.165) is 24.0 Å². The first-order chi connectivity index (χ1) is 24.3. The average Bonchev–Trinajstić information content (AvgIpc) is 3.54. The first-order valence-corrected chi connectivity index (χ1v) is 19.2. The lowest BCUT2D eigenvalue weighted by atomic mass is 9.78. The van der Waals surface area contributed by atoms with Gasteiger partial charge in [0.2, 0.25) is 5.89 Å². The number of carbonyl (C=O) groups is 1. The predicted molar refractivity (Wildman–Crippen MR) is 215 cm³/mol. The molecule has 0 bridgehead atoms. The molecule has 4 nitrogen and oxygen atoms in total. The van der Waals surface area contributed by atoms with Crippen molar-refractivity contribution in [3.05, 3.63) is 101 Å². The normalized spacial score (nSPS) is 12.1. The van der Waals surface area contributed by atoms with Gasteiger partial charge in [0.25, 0.3) is 0 Å². The zero-order chi connectivity index (χ0) is 36.8. The first-order valence-electron chi connectivity index (χ1n) is 19.2. The largest absolute Gasteiger partial charge is 0.465 e. The number of esters is 1. The van der Waals surface area contributed by atoms with Gasteiger partial charge in [-0.3, -0.25) is 0 Å². The standard InChI is InChI=1S/C47H59NO3/c1-10-12-14-16-19-32-25-33(20-17-15-13-11-2)27-36(26-32)43-39(35-28-37(46(3,4)5)31-38(29-35)47(6,7)8)21-18-22-40(43)44-48-41-30-34(45(49)50-9)23-24-42(41)51-44/h18,21-31H,10-17,19-20H2,1-9H3. The molecule has 0 spiro atoms. The number of aromatic nitrogens is 1. The highest BCUT2D eigenvalue weighted by atomic mass is 16.5. The molecule has 0 N–H and O–H groups in total. The Bertz CT molecular complexity index is 1890. The molecule has 0 fully saturated rings. The van der Waals surface area contributed by atoms with Gasteiger partial charge in [-0.2, -0.15) is 0 Å². The molecule has 4 heteroatoms. The van der Waals surface area contributed by atoms with Crippen LogP contribution in [0.15, 0.2) is 77.2 Å². The lowest BCUT2D eigenvalue weighted by Crippen LogP contribution is -2.16. The molecule has 0 saturated carbocycles. The third-order valence-electron chi connectivity index (χ3n) is 10.1. The average molecular weight is 686 g/mol. The van der Waals surface area contributed by atoms with Gasteiger partial charge in [-0.1, -0.05) is 142 Å². The summed E-state index contributed by atoms with van der Waals surface area (Å²) >= 11 is 0. The SMILES string of the molecule is CCCCCCc1cc(CCCCCC)cc(-c2c(-c3cc(C(C)(C)C)cc(C(C)(C)C)c3)cccc2-c2nc3cc(C(=O)OC)ccc3o2)c1.